The molecule has 19 heavy (non-hydrogen) atoms. The van der Waals surface area contributed by atoms with Gasteiger partial charge in [0.25, 0.3) is 0 Å². The molecule has 2 heterocycles. The fourth-order valence-electron chi connectivity index (χ4n) is 3.69. The summed E-state index contributed by atoms with van der Waals surface area (Å²) in [5.74, 6) is 0. The monoisotopic (exact) mass is 298 g/mol. The first kappa shape index (κ1) is 13.5. The molecule has 3 rings (SSSR count). The van der Waals surface area contributed by atoms with E-state index in [1.54, 1.807) is 0 Å². The smallest absolute Gasteiger partial charge is 0.0640 e. The lowest BCUT2D eigenvalue weighted by molar-refractivity contribution is 0.252. The molecular formula is C15H20Cl2N2. The fourth-order valence-corrected chi connectivity index (χ4v) is 4.08. The predicted molar refractivity (Wildman–Crippen MR) is 82.4 cm³/mol. The number of rotatable bonds is 2. The summed E-state index contributed by atoms with van der Waals surface area (Å²) in [6.07, 6.45) is 6.27. The molecule has 0 aromatic heterocycles. The summed E-state index contributed by atoms with van der Waals surface area (Å²) < 4.78 is 0. The summed E-state index contributed by atoms with van der Waals surface area (Å²) in [6, 6.07) is 7.64. The molecule has 2 atom stereocenters. The number of halogens is 2. The molecule has 2 saturated heterocycles. The van der Waals surface area contributed by atoms with E-state index in [1.165, 1.54) is 32.1 Å². The predicted octanol–water partition coefficient (Wildman–Crippen LogP) is 4.10. The van der Waals surface area contributed by atoms with Crippen LogP contribution in [0.1, 0.15) is 32.1 Å². The third-order valence-corrected chi connectivity index (χ3v) is 5.12. The highest BCUT2D eigenvalue weighted by Crippen LogP contribution is 2.41. The molecule has 2 nitrogen and oxygen atoms in total. The van der Waals surface area contributed by atoms with Gasteiger partial charge in [0, 0.05) is 23.1 Å². The van der Waals surface area contributed by atoms with E-state index in [1.807, 2.05) is 18.2 Å². The number of fused-ring (bicyclic) bond motifs is 2. The van der Waals surface area contributed by atoms with Gasteiger partial charge in [-0.3, -0.25) is 0 Å². The van der Waals surface area contributed by atoms with Crippen LogP contribution in [0.3, 0.4) is 0 Å². The zero-order chi connectivity index (χ0) is 13.4. The van der Waals surface area contributed by atoms with Crippen molar-refractivity contribution in [2.45, 2.75) is 50.2 Å². The Balaban J connectivity index is 1.93. The Kier molecular flexibility index (Phi) is 3.93. The molecule has 2 fully saturated rings. The minimum Gasteiger partial charge on any atom is -0.364 e. The summed E-state index contributed by atoms with van der Waals surface area (Å²) in [5, 5.41) is 5.04. The highest BCUT2D eigenvalue weighted by atomic mass is 35.5. The maximum absolute atomic E-state index is 6.40. The van der Waals surface area contributed by atoms with Gasteiger partial charge in [-0.05, 0) is 57.4 Å². The second kappa shape index (κ2) is 5.51. The van der Waals surface area contributed by atoms with Gasteiger partial charge in [0.05, 0.1) is 10.7 Å². The second-order valence-corrected chi connectivity index (χ2v) is 6.54. The minimum absolute atomic E-state index is 0.598. The lowest BCUT2D eigenvalue weighted by atomic mass is 9.81. The number of hydrogen-bond acceptors (Lipinski definition) is 2. The summed E-state index contributed by atoms with van der Waals surface area (Å²) in [6.45, 7) is 0. The summed E-state index contributed by atoms with van der Waals surface area (Å²) in [4.78, 5) is 2.53. The van der Waals surface area contributed by atoms with E-state index in [9.17, 15) is 0 Å². The first-order valence-electron chi connectivity index (χ1n) is 7.09. The first-order chi connectivity index (χ1) is 9.19. The van der Waals surface area contributed by atoms with Crippen molar-refractivity contribution in [3.8, 4) is 0 Å². The summed E-state index contributed by atoms with van der Waals surface area (Å²) in [5.41, 5.74) is 1.12. The van der Waals surface area contributed by atoms with E-state index < -0.39 is 0 Å². The lowest BCUT2D eigenvalue weighted by Crippen LogP contribution is -2.56. The van der Waals surface area contributed by atoms with Crippen LogP contribution in [0.5, 0.6) is 0 Å². The molecule has 104 valence electrons. The molecule has 4 heteroatoms. The van der Waals surface area contributed by atoms with Gasteiger partial charge in [0.1, 0.15) is 0 Å². The Labute approximate surface area is 125 Å². The van der Waals surface area contributed by atoms with Crippen LogP contribution in [0.25, 0.3) is 0 Å². The van der Waals surface area contributed by atoms with E-state index in [-0.39, 0.29) is 0 Å². The Morgan fingerprint density at radius 3 is 2.47 bits per heavy atom. The molecule has 0 saturated carbocycles. The van der Waals surface area contributed by atoms with Crippen LogP contribution in [-0.4, -0.2) is 25.2 Å². The number of hydrogen-bond donors (Lipinski definition) is 1. The van der Waals surface area contributed by atoms with E-state index in [2.05, 4.69) is 17.3 Å². The van der Waals surface area contributed by atoms with Crippen LogP contribution >= 0.6 is 23.2 Å². The Bertz CT molecular complexity index is 449. The van der Waals surface area contributed by atoms with Crippen LogP contribution in [0.2, 0.25) is 10.0 Å². The van der Waals surface area contributed by atoms with Crippen molar-refractivity contribution in [2.75, 3.05) is 11.9 Å². The molecular weight excluding hydrogens is 279 g/mol. The van der Waals surface area contributed by atoms with Crippen molar-refractivity contribution in [3.63, 3.8) is 0 Å². The molecule has 2 aliphatic rings. The topological polar surface area (TPSA) is 15.3 Å². The van der Waals surface area contributed by atoms with Crippen LogP contribution in [0.15, 0.2) is 18.2 Å². The SMILES string of the molecule is CNC1CC2CCCC(C1)N2c1cc(Cl)ccc1Cl. The molecule has 1 aromatic carbocycles. The molecule has 2 bridgehead atoms. The first-order valence-corrected chi connectivity index (χ1v) is 7.85. The van der Waals surface area contributed by atoms with E-state index >= 15 is 0 Å². The maximum atomic E-state index is 6.40. The van der Waals surface area contributed by atoms with Crippen molar-refractivity contribution in [3.05, 3.63) is 28.2 Å². The molecule has 0 amide bonds. The van der Waals surface area contributed by atoms with Crippen molar-refractivity contribution in [1.29, 1.82) is 0 Å². The molecule has 2 unspecified atom stereocenters. The van der Waals surface area contributed by atoms with Crippen molar-refractivity contribution in [1.82, 2.24) is 5.32 Å². The van der Waals surface area contributed by atoms with E-state index in [4.69, 9.17) is 23.2 Å². The Morgan fingerprint density at radius 1 is 1.16 bits per heavy atom. The third-order valence-electron chi connectivity index (χ3n) is 4.57. The number of nitrogens with one attached hydrogen (secondary N) is 1. The average molecular weight is 299 g/mol. The second-order valence-electron chi connectivity index (χ2n) is 5.70. The Morgan fingerprint density at radius 2 is 1.84 bits per heavy atom. The van der Waals surface area contributed by atoms with Gasteiger partial charge in [-0.25, -0.2) is 0 Å². The molecule has 1 N–H and O–H groups in total. The van der Waals surface area contributed by atoms with Crippen LogP contribution in [0, 0.1) is 0 Å². The van der Waals surface area contributed by atoms with Gasteiger partial charge in [-0.15, -0.1) is 0 Å². The van der Waals surface area contributed by atoms with Crippen LogP contribution in [-0.2, 0) is 0 Å². The van der Waals surface area contributed by atoms with Crippen LogP contribution in [0.4, 0.5) is 5.69 Å². The van der Waals surface area contributed by atoms with Crippen molar-refractivity contribution in [2.24, 2.45) is 0 Å². The summed E-state index contributed by atoms with van der Waals surface area (Å²) in [7, 11) is 2.07. The van der Waals surface area contributed by atoms with Gasteiger partial charge >= 0.3 is 0 Å². The number of nitrogens with zero attached hydrogens (tertiary/aromatic N) is 1. The zero-order valence-corrected chi connectivity index (χ0v) is 12.7. The highest BCUT2D eigenvalue weighted by Gasteiger charge is 2.38. The quantitative estimate of drug-likeness (QED) is 0.884. The molecule has 1 aromatic rings. The maximum Gasteiger partial charge on any atom is 0.0640 e. The fraction of sp³-hybridized carbons (Fsp3) is 0.600. The highest BCUT2D eigenvalue weighted by molar-refractivity contribution is 6.35. The molecule has 0 radical (unpaired) electrons. The largest absolute Gasteiger partial charge is 0.364 e. The van der Waals surface area contributed by atoms with Gasteiger partial charge < -0.3 is 10.2 Å². The van der Waals surface area contributed by atoms with E-state index in [0.29, 0.717) is 18.1 Å². The van der Waals surface area contributed by atoms with Gasteiger partial charge in [0.15, 0.2) is 0 Å². The minimum atomic E-state index is 0.598. The number of piperidine rings is 2. The third kappa shape index (κ3) is 2.58. The lowest BCUT2D eigenvalue weighted by Gasteiger charge is -2.50. The molecule has 2 aliphatic heterocycles. The molecule has 0 aliphatic carbocycles. The Hall–Kier alpha value is -0.440. The standard InChI is InChI=1S/C15H20Cl2N2/c1-18-11-8-12-3-2-4-13(9-11)19(12)15-7-10(16)5-6-14(15)17/h5-7,11-13,18H,2-4,8-9H2,1H3. The van der Waals surface area contributed by atoms with Crippen LogP contribution < -0.4 is 10.2 Å². The summed E-state index contributed by atoms with van der Waals surface area (Å²) >= 11 is 12.5. The number of benzene rings is 1. The van der Waals surface area contributed by atoms with E-state index in [0.717, 1.165) is 15.7 Å². The zero-order valence-electron chi connectivity index (χ0n) is 11.2. The van der Waals surface area contributed by atoms with Crippen molar-refractivity contribution < 1.29 is 0 Å². The average Bonchev–Trinajstić information content (AvgIpc) is 2.40. The normalized spacial score (nSPS) is 30.5. The molecule has 0 spiro atoms. The van der Waals surface area contributed by atoms with Gasteiger partial charge in [-0.2, -0.15) is 0 Å². The number of anilines is 1. The van der Waals surface area contributed by atoms with Gasteiger partial charge in [0.2, 0.25) is 0 Å². The van der Waals surface area contributed by atoms with Gasteiger partial charge in [-0.1, -0.05) is 23.2 Å². The van der Waals surface area contributed by atoms with Crippen molar-refractivity contribution >= 4 is 28.9 Å².